The summed E-state index contributed by atoms with van der Waals surface area (Å²) < 4.78 is 67.9. The molecule has 3 rings (SSSR count). The SMILES string of the molecule is C[C@H]1COc2cc(-c3noc(C(F)(F)F)n3)cc(F)c2CN1C(=O)OC(C)(C)C. The molecule has 11 heteroatoms. The topological polar surface area (TPSA) is 77.7 Å². The summed E-state index contributed by atoms with van der Waals surface area (Å²) in [4.78, 5) is 17.1. The standard InChI is InChI=1S/C18H19F4N3O4/c1-9-8-27-13-6-10(14-23-15(29-24-14)18(20,21)22)5-12(19)11(13)7-25(9)16(26)28-17(2,3)4/h5-6,9H,7-8H2,1-4H3/t9-/m0/s1. The van der Waals surface area contributed by atoms with Gasteiger partial charge in [-0.25, -0.2) is 9.18 Å². The molecular formula is C18H19F4N3O4. The van der Waals surface area contributed by atoms with E-state index >= 15 is 0 Å². The molecule has 1 aromatic carbocycles. The number of nitrogens with zero attached hydrogens (tertiary/aromatic N) is 3. The smallest absolute Gasteiger partial charge is 0.471 e. The minimum atomic E-state index is -4.81. The number of ether oxygens (including phenoxy) is 2. The third-order valence-corrected chi connectivity index (χ3v) is 4.05. The fourth-order valence-electron chi connectivity index (χ4n) is 2.67. The lowest BCUT2D eigenvalue weighted by Gasteiger charge is -2.29. The van der Waals surface area contributed by atoms with Crippen LogP contribution < -0.4 is 4.74 Å². The van der Waals surface area contributed by atoms with Crippen molar-refractivity contribution in [2.45, 2.75) is 52.1 Å². The number of alkyl halides is 3. The molecule has 0 saturated carbocycles. The number of fused-ring (bicyclic) bond motifs is 1. The average Bonchev–Trinajstić information content (AvgIpc) is 3.01. The van der Waals surface area contributed by atoms with Crippen molar-refractivity contribution >= 4 is 6.09 Å². The van der Waals surface area contributed by atoms with Crippen LogP contribution in [-0.2, 0) is 17.5 Å². The highest BCUT2D eigenvalue weighted by Crippen LogP contribution is 2.34. The molecule has 1 aromatic heterocycles. The van der Waals surface area contributed by atoms with Crippen molar-refractivity contribution in [3.8, 4) is 17.1 Å². The maximum Gasteiger partial charge on any atom is 0.471 e. The second-order valence-electron chi connectivity index (χ2n) is 7.62. The van der Waals surface area contributed by atoms with Crippen molar-refractivity contribution in [1.29, 1.82) is 0 Å². The number of carbonyl (C=O) groups excluding carboxylic acids is 1. The second-order valence-corrected chi connectivity index (χ2v) is 7.62. The minimum absolute atomic E-state index is 0.0369. The normalized spacial score (nSPS) is 17.4. The number of hydrogen-bond acceptors (Lipinski definition) is 6. The van der Waals surface area contributed by atoms with E-state index in [-0.39, 0.29) is 30.0 Å². The zero-order chi connectivity index (χ0) is 21.6. The van der Waals surface area contributed by atoms with Crippen LogP contribution >= 0.6 is 0 Å². The molecule has 1 amide bonds. The van der Waals surface area contributed by atoms with Gasteiger partial charge in [0, 0.05) is 11.1 Å². The number of rotatable bonds is 1. The Labute approximate surface area is 163 Å². The van der Waals surface area contributed by atoms with Crippen LogP contribution in [0.25, 0.3) is 11.4 Å². The lowest BCUT2D eigenvalue weighted by molar-refractivity contribution is -0.159. The fourth-order valence-corrected chi connectivity index (χ4v) is 2.67. The summed E-state index contributed by atoms with van der Waals surface area (Å²) in [5.74, 6) is -2.66. The van der Waals surface area contributed by atoms with Crippen LogP contribution in [0.3, 0.4) is 0 Å². The van der Waals surface area contributed by atoms with E-state index in [4.69, 9.17) is 9.47 Å². The lowest BCUT2D eigenvalue weighted by Crippen LogP contribution is -2.43. The summed E-state index contributed by atoms with van der Waals surface area (Å²) in [6, 6.07) is 1.85. The average molecular weight is 417 g/mol. The molecule has 2 heterocycles. The second kappa shape index (κ2) is 7.20. The maximum atomic E-state index is 14.8. The van der Waals surface area contributed by atoms with Gasteiger partial charge in [0.05, 0.1) is 12.6 Å². The Kier molecular flexibility index (Phi) is 5.18. The van der Waals surface area contributed by atoms with Crippen molar-refractivity contribution in [1.82, 2.24) is 15.0 Å². The van der Waals surface area contributed by atoms with E-state index < -0.39 is 41.4 Å². The van der Waals surface area contributed by atoms with Crippen LogP contribution in [0.15, 0.2) is 16.7 Å². The highest BCUT2D eigenvalue weighted by molar-refractivity contribution is 5.69. The van der Waals surface area contributed by atoms with Gasteiger partial charge in [0.25, 0.3) is 0 Å². The summed E-state index contributed by atoms with van der Waals surface area (Å²) >= 11 is 0. The Balaban J connectivity index is 1.92. The highest BCUT2D eigenvalue weighted by atomic mass is 19.4. The third-order valence-electron chi connectivity index (χ3n) is 4.05. The predicted molar refractivity (Wildman–Crippen MR) is 91.4 cm³/mol. The largest absolute Gasteiger partial charge is 0.491 e. The zero-order valence-electron chi connectivity index (χ0n) is 16.1. The van der Waals surface area contributed by atoms with E-state index in [2.05, 4.69) is 14.7 Å². The molecule has 1 aliphatic rings. The van der Waals surface area contributed by atoms with Gasteiger partial charge < -0.3 is 14.0 Å². The van der Waals surface area contributed by atoms with Gasteiger partial charge in [0.1, 0.15) is 23.8 Å². The number of hydrogen-bond donors (Lipinski definition) is 0. The first-order chi connectivity index (χ1) is 13.3. The summed E-state index contributed by atoms with van der Waals surface area (Å²) in [5.41, 5.74) is -0.702. The van der Waals surface area contributed by atoms with Crippen molar-refractivity contribution in [2.24, 2.45) is 0 Å². The van der Waals surface area contributed by atoms with Crippen LogP contribution in [-0.4, -0.2) is 39.4 Å². The van der Waals surface area contributed by atoms with Gasteiger partial charge in [-0.05, 0) is 39.8 Å². The van der Waals surface area contributed by atoms with Gasteiger partial charge >= 0.3 is 18.2 Å². The first-order valence-corrected chi connectivity index (χ1v) is 8.71. The van der Waals surface area contributed by atoms with E-state index in [1.165, 1.54) is 11.0 Å². The number of aromatic nitrogens is 2. The maximum absolute atomic E-state index is 14.8. The highest BCUT2D eigenvalue weighted by Gasteiger charge is 2.39. The minimum Gasteiger partial charge on any atom is -0.491 e. The molecule has 7 nitrogen and oxygen atoms in total. The molecule has 0 aliphatic carbocycles. The quantitative estimate of drug-likeness (QED) is 0.640. The summed E-state index contributed by atoms with van der Waals surface area (Å²) in [7, 11) is 0. The number of carbonyl (C=O) groups is 1. The molecule has 0 fully saturated rings. The molecule has 158 valence electrons. The molecule has 1 atom stereocenters. The van der Waals surface area contributed by atoms with E-state index in [0.29, 0.717) is 0 Å². The monoisotopic (exact) mass is 417 g/mol. The van der Waals surface area contributed by atoms with Gasteiger partial charge in [-0.3, -0.25) is 4.90 Å². The molecule has 0 saturated heterocycles. The van der Waals surface area contributed by atoms with Crippen LogP contribution in [0, 0.1) is 5.82 Å². The predicted octanol–water partition coefficient (Wildman–Crippen LogP) is 4.41. The molecule has 0 radical (unpaired) electrons. The first-order valence-electron chi connectivity index (χ1n) is 8.71. The van der Waals surface area contributed by atoms with Crippen molar-refractivity contribution in [3.63, 3.8) is 0 Å². The Morgan fingerprint density at radius 2 is 1.97 bits per heavy atom. The van der Waals surface area contributed by atoms with Gasteiger partial charge in [0.2, 0.25) is 5.82 Å². The Morgan fingerprint density at radius 3 is 2.55 bits per heavy atom. The lowest BCUT2D eigenvalue weighted by atomic mass is 10.1. The van der Waals surface area contributed by atoms with Crippen LogP contribution in [0.5, 0.6) is 5.75 Å². The molecule has 0 bridgehead atoms. The molecule has 0 unspecified atom stereocenters. The van der Waals surface area contributed by atoms with Gasteiger partial charge in [-0.15, -0.1) is 0 Å². The Morgan fingerprint density at radius 1 is 1.28 bits per heavy atom. The number of halogens is 4. The van der Waals surface area contributed by atoms with Crippen LogP contribution in [0.2, 0.25) is 0 Å². The van der Waals surface area contributed by atoms with E-state index in [9.17, 15) is 22.4 Å². The molecular weight excluding hydrogens is 398 g/mol. The zero-order valence-corrected chi connectivity index (χ0v) is 16.1. The van der Waals surface area contributed by atoms with Gasteiger partial charge in [0.15, 0.2) is 0 Å². The fraction of sp³-hybridized carbons (Fsp3) is 0.500. The molecule has 0 spiro atoms. The van der Waals surface area contributed by atoms with Crippen LogP contribution in [0.4, 0.5) is 22.4 Å². The summed E-state index contributed by atoms with van der Waals surface area (Å²) in [6.45, 7) is 6.76. The molecule has 0 N–H and O–H groups in total. The first kappa shape index (κ1) is 20.9. The van der Waals surface area contributed by atoms with Crippen molar-refractivity contribution in [3.05, 3.63) is 29.4 Å². The van der Waals surface area contributed by atoms with E-state index in [0.717, 1.165) is 6.07 Å². The Hall–Kier alpha value is -2.85. The number of amides is 1. The number of benzene rings is 1. The third kappa shape index (κ3) is 4.60. The molecule has 29 heavy (non-hydrogen) atoms. The van der Waals surface area contributed by atoms with Crippen LogP contribution in [0.1, 0.15) is 39.1 Å². The van der Waals surface area contributed by atoms with E-state index in [1.54, 1.807) is 27.7 Å². The summed E-state index contributed by atoms with van der Waals surface area (Å²) in [6.07, 6.45) is -5.44. The molecule has 2 aromatic rings. The van der Waals surface area contributed by atoms with Gasteiger partial charge in [-0.1, -0.05) is 5.16 Å². The van der Waals surface area contributed by atoms with E-state index in [1.807, 2.05) is 0 Å². The molecule has 1 aliphatic heterocycles. The van der Waals surface area contributed by atoms with Gasteiger partial charge in [-0.2, -0.15) is 18.2 Å². The summed E-state index contributed by atoms with van der Waals surface area (Å²) in [5, 5.41) is 3.25. The van der Waals surface area contributed by atoms with Crippen molar-refractivity contribution in [2.75, 3.05) is 6.61 Å². The Bertz CT molecular complexity index is 921. The van der Waals surface area contributed by atoms with Crippen molar-refractivity contribution < 1.29 is 36.4 Å².